The van der Waals surface area contributed by atoms with Gasteiger partial charge in [-0.15, -0.1) is 0 Å². The highest BCUT2D eigenvalue weighted by atomic mass is 15.3. The minimum atomic E-state index is 1.03. The number of nitrogens with one attached hydrogen (secondary N) is 1. The van der Waals surface area contributed by atoms with Crippen LogP contribution in [0.15, 0.2) is 42.6 Å². The number of H-pyrrole nitrogens is 1. The van der Waals surface area contributed by atoms with Crippen LogP contribution in [0, 0.1) is 6.92 Å². The monoisotopic (exact) mass is 197 g/mol. The molecule has 3 rings (SSSR count). The summed E-state index contributed by atoms with van der Waals surface area (Å²) in [6.45, 7) is 1.99. The Labute approximate surface area is 87.4 Å². The molecule has 2 aromatic heterocycles. The van der Waals surface area contributed by atoms with Gasteiger partial charge in [0.15, 0.2) is 0 Å². The zero-order valence-corrected chi connectivity index (χ0v) is 8.44. The molecule has 1 N–H and O–H groups in total. The highest BCUT2D eigenvalue weighted by Crippen LogP contribution is 2.18. The molecule has 0 atom stereocenters. The highest BCUT2D eigenvalue weighted by molar-refractivity contribution is 5.62. The molecule has 0 aliphatic rings. The SMILES string of the molecule is Cc1cc2[nH]c(-c3ccccc3)cn2n1. The third-order valence-electron chi connectivity index (χ3n) is 2.46. The van der Waals surface area contributed by atoms with E-state index in [0.29, 0.717) is 0 Å². The predicted molar refractivity (Wildman–Crippen MR) is 59.7 cm³/mol. The van der Waals surface area contributed by atoms with Gasteiger partial charge in [0.05, 0.1) is 17.6 Å². The van der Waals surface area contributed by atoms with Crippen molar-refractivity contribution in [2.24, 2.45) is 0 Å². The largest absolute Gasteiger partial charge is 0.338 e. The summed E-state index contributed by atoms with van der Waals surface area (Å²) in [5.74, 6) is 0. The van der Waals surface area contributed by atoms with E-state index in [1.165, 1.54) is 5.56 Å². The molecule has 3 nitrogen and oxygen atoms in total. The van der Waals surface area contributed by atoms with Crippen LogP contribution in [0.25, 0.3) is 16.9 Å². The van der Waals surface area contributed by atoms with Crippen molar-refractivity contribution in [1.82, 2.24) is 14.6 Å². The maximum atomic E-state index is 4.34. The molecule has 2 heterocycles. The summed E-state index contributed by atoms with van der Waals surface area (Å²) in [6, 6.07) is 12.3. The van der Waals surface area contributed by atoms with Gasteiger partial charge in [-0.05, 0) is 12.5 Å². The Bertz CT molecular complexity index is 558. The lowest BCUT2D eigenvalue weighted by atomic mass is 10.2. The van der Waals surface area contributed by atoms with Gasteiger partial charge in [0.1, 0.15) is 5.65 Å². The molecule has 3 aromatic rings. The maximum absolute atomic E-state index is 4.34. The Kier molecular flexibility index (Phi) is 1.65. The average Bonchev–Trinajstić information content (AvgIpc) is 2.76. The second-order valence-electron chi connectivity index (χ2n) is 3.65. The molecule has 0 spiro atoms. The van der Waals surface area contributed by atoms with Gasteiger partial charge in [-0.3, -0.25) is 0 Å². The minimum Gasteiger partial charge on any atom is -0.338 e. The van der Waals surface area contributed by atoms with Crippen LogP contribution >= 0.6 is 0 Å². The van der Waals surface area contributed by atoms with Crippen molar-refractivity contribution < 1.29 is 0 Å². The third-order valence-corrected chi connectivity index (χ3v) is 2.46. The molecule has 3 heteroatoms. The summed E-state index contributed by atoms with van der Waals surface area (Å²) in [7, 11) is 0. The van der Waals surface area contributed by atoms with Crippen LogP contribution in [-0.4, -0.2) is 14.6 Å². The van der Waals surface area contributed by atoms with Gasteiger partial charge < -0.3 is 4.98 Å². The first-order chi connectivity index (χ1) is 7.33. The number of fused-ring (bicyclic) bond motifs is 1. The Balaban J connectivity index is 2.16. The van der Waals surface area contributed by atoms with Gasteiger partial charge in [-0.25, -0.2) is 4.52 Å². The van der Waals surface area contributed by atoms with Crippen molar-refractivity contribution >= 4 is 5.65 Å². The second-order valence-corrected chi connectivity index (χ2v) is 3.65. The quantitative estimate of drug-likeness (QED) is 0.639. The first kappa shape index (κ1) is 8.29. The standard InChI is InChI=1S/C12H11N3/c1-9-7-12-13-11(8-15(12)14-9)10-5-3-2-4-6-10/h2-8,13H,1H3. The summed E-state index contributed by atoms with van der Waals surface area (Å²) in [6.07, 6.45) is 2.01. The molecule has 1 aromatic carbocycles. The fourth-order valence-electron chi connectivity index (χ4n) is 1.77. The van der Waals surface area contributed by atoms with Gasteiger partial charge >= 0.3 is 0 Å². The number of aromatic nitrogens is 3. The molecule has 0 aliphatic heterocycles. The lowest BCUT2D eigenvalue weighted by molar-refractivity contribution is 0.945. The van der Waals surface area contributed by atoms with E-state index in [2.05, 4.69) is 22.2 Å². The van der Waals surface area contributed by atoms with Crippen molar-refractivity contribution in [3.05, 3.63) is 48.3 Å². The lowest BCUT2D eigenvalue weighted by Gasteiger charge is -1.94. The molecular weight excluding hydrogens is 186 g/mol. The molecule has 15 heavy (non-hydrogen) atoms. The van der Waals surface area contributed by atoms with Crippen LogP contribution in [-0.2, 0) is 0 Å². The van der Waals surface area contributed by atoms with Crippen LogP contribution in [0.5, 0.6) is 0 Å². The van der Waals surface area contributed by atoms with E-state index < -0.39 is 0 Å². The number of hydrogen-bond acceptors (Lipinski definition) is 1. The van der Waals surface area contributed by atoms with E-state index in [9.17, 15) is 0 Å². The molecule has 0 saturated heterocycles. The normalized spacial score (nSPS) is 11.0. The van der Waals surface area contributed by atoms with Crippen molar-refractivity contribution in [3.63, 3.8) is 0 Å². The molecule has 0 unspecified atom stereocenters. The predicted octanol–water partition coefficient (Wildman–Crippen LogP) is 2.64. The van der Waals surface area contributed by atoms with Gasteiger partial charge in [0.25, 0.3) is 0 Å². The van der Waals surface area contributed by atoms with Crippen LogP contribution in [0.4, 0.5) is 0 Å². The zero-order valence-electron chi connectivity index (χ0n) is 8.44. The van der Waals surface area contributed by atoms with Crippen molar-refractivity contribution in [2.45, 2.75) is 6.92 Å². The molecule has 0 fully saturated rings. The van der Waals surface area contributed by atoms with Crippen molar-refractivity contribution in [2.75, 3.05) is 0 Å². The molecule has 0 aliphatic carbocycles. The Morgan fingerprint density at radius 3 is 2.73 bits per heavy atom. The summed E-state index contributed by atoms with van der Waals surface area (Å²) in [5.41, 5.74) is 4.34. The fraction of sp³-hybridized carbons (Fsp3) is 0.0833. The molecule has 0 amide bonds. The number of benzene rings is 1. The first-order valence-corrected chi connectivity index (χ1v) is 4.93. The van der Waals surface area contributed by atoms with Gasteiger partial charge in [-0.2, -0.15) is 5.10 Å². The van der Waals surface area contributed by atoms with E-state index >= 15 is 0 Å². The van der Waals surface area contributed by atoms with Gasteiger partial charge in [0, 0.05) is 6.07 Å². The number of aryl methyl sites for hydroxylation is 1. The second kappa shape index (κ2) is 2.98. The Morgan fingerprint density at radius 1 is 1.20 bits per heavy atom. The van der Waals surface area contributed by atoms with Crippen LogP contribution < -0.4 is 0 Å². The summed E-state index contributed by atoms with van der Waals surface area (Å²) in [4.78, 5) is 3.33. The van der Waals surface area contributed by atoms with E-state index in [4.69, 9.17) is 0 Å². The fourth-order valence-corrected chi connectivity index (χ4v) is 1.77. The maximum Gasteiger partial charge on any atom is 0.133 e. The van der Waals surface area contributed by atoms with Crippen LogP contribution in [0.3, 0.4) is 0 Å². The number of imidazole rings is 1. The smallest absolute Gasteiger partial charge is 0.133 e. The minimum absolute atomic E-state index is 1.03. The van der Waals surface area contributed by atoms with Gasteiger partial charge in [0.2, 0.25) is 0 Å². The molecule has 0 radical (unpaired) electrons. The van der Waals surface area contributed by atoms with E-state index in [1.54, 1.807) is 0 Å². The Hall–Kier alpha value is -2.03. The topological polar surface area (TPSA) is 33.1 Å². The number of nitrogens with zero attached hydrogens (tertiary/aromatic N) is 2. The lowest BCUT2D eigenvalue weighted by Crippen LogP contribution is -1.80. The molecule has 0 bridgehead atoms. The number of hydrogen-bond donors (Lipinski definition) is 1. The first-order valence-electron chi connectivity index (χ1n) is 4.93. The molecule has 0 saturated carbocycles. The number of rotatable bonds is 1. The van der Waals surface area contributed by atoms with Crippen molar-refractivity contribution in [3.8, 4) is 11.3 Å². The zero-order chi connectivity index (χ0) is 10.3. The van der Waals surface area contributed by atoms with Gasteiger partial charge in [-0.1, -0.05) is 30.3 Å². The third kappa shape index (κ3) is 1.32. The highest BCUT2D eigenvalue weighted by Gasteiger charge is 2.03. The van der Waals surface area contributed by atoms with E-state index in [-0.39, 0.29) is 0 Å². The Morgan fingerprint density at radius 2 is 2.00 bits per heavy atom. The molecule has 74 valence electrons. The summed E-state index contributed by atoms with van der Waals surface area (Å²) in [5, 5.41) is 4.34. The van der Waals surface area contributed by atoms with E-state index in [1.807, 2.05) is 41.9 Å². The van der Waals surface area contributed by atoms with Crippen molar-refractivity contribution in [1.29, 1.82) is 0 Å². The van der Waals surface area contributed by atoms with Crippen LogP contribution in [0.1, 0.15) is 5.69 Å². The molecular formula is C12H11N3. The van der Waals surface area contributed by atoms with E-state index in [0.717, 1.165) is 17.0 Å². The summed E-state index contributed by atoms with van der Waals surface area (Å²) >= 11 is 0. The average molecular weight is 197 g/mol. The summed E-state index contributed by atoms with van der Waals surface area (Å²) < 4.78 is 1.87. The number of aromatic amines is 1. The van der Waals surface area contributed by atoms with Crippen LogP contribution in [0.2, 0.25) is 0 Å².